The Labute approximate surface area is 120 Å². The van der Waals surface area contributed by atoms with E-state index >= 15 is 0 Å². The molecule has 3 heteroatoms. The summed E-state index contributed by atoms with van der Waals surface area (Å²) in [5.74, 6) is 0. The molecule has 1 aliphatic heterocycles. The van der Waals surface area contributed by atoms with Crippen LogP contribution in [0.3, 0.4) is 0 Å². The summed E-state index contributed by atoms with van der Waals surface area (Å²) in [6, 6.07) is 10.2. The number of aromatic nitrogens is 1. The second kappa shape index (κ2) is 5.23. The predicted octanol–water partition coefficient (Wildman–Crippen LogP) is 2.88. The number of fused-ring (bicyclic) bond motifs is 1. The van der Waals surface area contributed by atoms with Crippen LogP contribution in [0.1, 0.15) is 31.2 Å². The van der Waals surface area contributed by atoms with Crippen LogP contribution in [0.5, 0.6) is 0 Å². The Hall–Kier alpha value is -1.32. The van der Waals surface area contributed by atoms with Gasteiger partial charge in [0.1, 0.15) is 0 Å². The van der Waals surface area contributed by atoms with Gasteiger partial charge >= 0.3 is 0 Å². The molecule has 2 aromatic rings. The smallest absolute Gasteiger partial charge is 0.0457 e. The number of aromatic amines is 1. The molecule has 1 aliphatic carbocycles. The molecule has 1 aromatic carbocycles. The van der Waals surface area contributed by atoms with Crippen LogP contribution in [0.25, 0.3) is 10.9 Å². The number of para-hydroxylation sites is 1. The maximum Gasteiger partial charge on any atom is 0.0457 e. The third kappa shape index (κ3) is 2.48. The maximum atomic E-state index is 3.64. The molecule has 1 unspecified atom stereocenters. The molecule has 1 atom stereocenters. The van der Waals surface area contributed by atoms with Gasteiger partial charge in [-0.1, -0.05) is 18.2 Å². The first-order valence-electron chi connectivity index (χ1n) is 7.92. The second-order valence-electron chi connectivity index (χ2n) is 6.31. The summed E-state index contributed by atoms with van der Waals surface area (Å²) >= 11 is 0. The van der Waals surface area contributed by atoms with Gasteiger partial charge in [-0.2, -0.15) is 0 Å². The van der Waals surface area contributed by atoms with Crippen molar-refractivity contribution in [1.29, 1.82) is 0 Å². The Morgan fingerprint density at radius 3 is 2.85 bits per heavy atom. The van der Waals surface area contributed by atoms with Crippen LogP contribution < -0.4 is 5.32 Å². The fraction of sp³-hybridized carbons (Fsp3) is 0.529. The molecule has 106 valence electrons. The van der Waals surface area contributed by atoms with Crippen molar-refractivity contribution < 1.29 is 0 Å². The normalized spacial score (nSPS) is 22.9. The zero-order valence-electron chi connectivity index (χ0n) is 11.9. The number of nitrogens with one attached hydrogen (secondary N) is 2. The first kappa shape index (κ1) is 12.4. The van der Waals surface area contributed by atoms with Crippen molar-refractivity contribution in [3.8, 4) is 0 Å². The number of rotatable bonds is 5. The lowest BCUT2D eigenvalue weighted by atomic mass is 10.1. The van der Waals surface area contributed by atoms with Gasteiger partial charge in [-0.05, 0) is 43.9 Å². The van der Waals surface area contributed by atoms with E-state index in [0.717, 1.165) is 12.6 Å². The SMILES string of the molecule is c1ccc2c(CN(CC3CCCN3)C3CC3)c[nH]c2c1. The predicted molar refractivity (Wildman–Crippen MR) is 82.8 cm³/mol. The molecule has 0 radical (unpaired) electrons. The molecule has 1 saturated heterocycles. The topological polar surface area (TPSA) is 31.1 Å². The first-order valence-corrected chi connectivity index (χ1v) is 7.92. The fourth-order valence-corrected chi connectivity index (χ4v) is 3.46. The van der Waals surface area contributed by atoms with E-state index in [1.54, 1.807) is 0 Å². The minimum Gasteiger partial charge on any atom is -0.361 e. The highest BCUT2D eigenvalue weighted by Crippen LogP contribution is 2.30. The maximum absolute atomic E-state index is 3.64. The molecule has 20 heavy (non-hydrogen) atoms. The molecule has 1 saturated carbocycles. The Bertz CT molecular complexity index is 579. The van der Waals surface area contributed by atoms with Gasteiger partial charge in [0, 0.05) is 42.3 Å². The van der Waals surface area contributed by atoms with E-state index in [2.05, 4.69) is 45.7 Å². The van der Waals surface area contributed by atoms with Crippen molar-refractivity contribution in [2.75, 3.05) is 13.1 Å². The summed E-state index contributed by atoms with van der Waals surface area (Å²) in [7, 11) is 0. The lowest BCUT2D eigenvalue weighted by molar-refractivity contribution is 0.232. The lowest BCUT2D eigenvalue weighted by Crippen LogP contribution is -2.38. The lowest BCUT2D eigenvalue weighted by Gasteiger charge is -2.25. The average Bonchev–Trinajstić information content (AvgIpc) is 3.05. The van der Waals surface area contributed by atoms with Gasteiger partial charge in [0.05, 0.1) is 0 Å². The van der Waals surface area contributed by atoms with E-state index in [-0.39, 0.29) is 0 Å². The van der Waals surface area contributed by atoms with Crippen LogP contribution in [0, 0.1) is 0 Å². The zero-order valence-corrected chi connectivity index (χ0v) is 11.9. The van der Waals surface area contributed by atoms with E-state index in [4.69, 9.17) is 0 Å². The van der Waals surface area contributed by atoms with Crippen LogP contribution >= 0.6 is 0 Å². The Kier molecular flexibility index (Phi) is 3.25. The Morgan fingerprint density at radius 1 is 1.15 bits per heavy atom. The van der Waals surface area contributed by atoms with Crippen molar-refractivity contribution in [3.63, 3.8) is 0 Å². The largest absolute Gasteiger partial charge is 0.361 e. The standard InChI is InChI=1S/C17H23N3/c1-2-6-17-16(5-1)13(10-19-17)11-20(15-7-8-15)12-14-4-3-9-18-14/h1-2,5-6,10,14-15,18-19H,3-4,7-9,11-12H2. The minimum atomic E-state index is 0.709. The summed E-state index contributed by atoms with van der Waals surface area (Å²) in [5, 5.41) is 5.02. The fourth-order valence-electron chi connectivity index (χ4n) is 3.46. The van der Waals surface area contributed by atoms with Crippen LogP contribution in [-0.4, -0.2) is 35.1 Å². The van der Waals surface area contributed by atoms with Gasteiger partial charge in [-0.15, -0.1) is 0 Å². The molecule has 2 heterocycles. The number of hydrogen-bond acceptors (Lipinski definition) is 2. The van der Waals surface area contributed by atoms with E-state index in [9.17, 15) is 0 Å². The number of nitrogens with zero attached hydrogens (tertiary/aromatic N) is 1. The molecule has 2 aliphatic rings. The van der Waals surface area contributed by atoms with Crippen LogP contribution in [0.4, 0.5) is 0 Å². The molecule has 2 fully saturated rings. The van der Waals surface area contributed by atoms with E-state index < -0.39 is 0 Å². The Balaban J connectivity index is 1.52. The molecular formula is C17H23N3. The molecule has 4 rings (SSSR count). The molecule has 0 amide bonds. The van der Waals surface area contributed by atoms with Gasteiger partial charge in [0.25, 0.3) is 0 Å². The van der Waals surface area contributed by atoms with Crippen LogP contribution in [0.15, 0.2) is 30.5 Å². The van der Waals surface area contributed by atoms with Crippen molar-refractivity contribution in [3.05, 3.63) is 36.0 Å². The highest BCUT2D eigenvalue weighted by molar-refractivity contribution is 5.82. The van der Waals surface area contributed by atoms with Gasteiger partial charge in [-0.3, -0.25) is 4.90 Å². The highest BCUT2D eigenvalue weighted by atomic mass is 15.2. The molecule has 3 nitrogen and oxygen atoms in total. The van der Waals surface area contributed by atoms with Crippen LogP contribution in [0.2, 0.25) is 0 Å². The highest BCUT2D eigenvalue weighted by Gasteiger charge is 2.31. The monoisotopic (exact) mass is 269 g/mol. The van der Waals surface area contributed by atoms with Crippen molar-refractivity contribution in [1.82, 2.24) is 15.2 Å². The summed E-state index contributed by atoms with van der Waals surface area (Å²) in [6.45, 7) is 3.51. The van der Waals surface area contributed by atoms with Crippen LogP contribution in [-0.2, 0) is 6.54 Å². The van der Waals surface area contributed by atoms with Gasteiger partial charge in [0.2, 0.25) is 0 Å². The third-order valence-electron chi connectivity index (χ3n) is 4.73. The van der Waals surface area contributed by atoms with Gasteiger partial charge in [0.15, 0.2) is 0 Å². The third-order valence-corrected chi connectivity index (χ3v) is 4.73. The van der Waals surface area contributed by atoms with Gasteiger partial charge in [-0.25, -0.2) is 0 Å². The molecule has 2 N–H and O–H groups in total. The van der Waals surface area contributed by atoms with E-state index in [1.165, 1.54) is 55.2 Å². The minimum absolute atomic E-state index is 0.709. The Morgan fingerprint density at radius 2 is 2.05 bits per heavy atom. The molecule has 1 aromatic heterocycles. The molecular weight excluding hydrogens is 246 g/mol. The number of benzene rings is 1. The number of hydrogen-bond donors (Lipinski definition) is 2. The van der Waals surface area contributed by atoms with E-state index in [1.807, 2.05) is 0 Å². The van der Waals surface area contributed by atoms with Crippen molar-refractivity contribution >= 4 is 10.9 Å². The van der Waals surface area contributed by atoms with Gasteiger partial charge < -0.3 is 10.3 Å². The zero-order chi connectivity index (χ0) is 13.4. The quantitative estimate of drug-likeness (QED) is 0.874. The summed E-state index contributed by atoms with van der Waals surface area (Å²) in [4.78, 5) is 6.10. The second-order valence-corrected chi connectivity index (χ2v) is 6.31. The summed E-state index contributed by atoms with van der Waals surface area (Å²) in [6.07, 6.45) is 7.65. The number of H-pyrrole nitrogens is 1. The summed E-state index contributed by atoms with van der Waals surface area (Å²) in [5.41, 5.74) is 2.71. The average molecular weight is 269 g/mol. The summed E-state index contributed by atoms with van der Waals surface area (Å²) < 4.78 is 0. The van der Waals surface area contributed by atoms with Crippen molar-refractivity contribution in [2.45, 2.75) is 44.3 Å². The molecule has 0 bridgehead atoms. The first-order chi connectivity index (χ1) is 9.90. The van der Waals surface area contributed by atoms with E-state index in [0.29, 0.717) is 6.04 Å². The molecule has 0 spiro atoms. The van der Waals surface area contributed by atoms with Crippen molar-refractivity contribution in [2.24, 2.45) is 0 Å².